The molecule has 4 N–H and O–H groups in total. The molecule has 2 aromatic rings. The molecule has 0 unspecified atom stereocenters. The van der Waals surface area contributed by atoms with Gasteiger partial charge in [0.25, 0.3) is 5.91 Å². The molecule has 0 bridgehead atoms. The van der Waals surface area contributed by atoms with Crippen molar-refractivity contribution in [3.8, 4) is 5.75 Å². The Morgan fingerprint density at radius 2 is 2.06 bits per heavy atom. The number of rotatable bonds is 12. The van der Waals surface area contributed by atoms with Gasteiger partial charge in [-0.3, -0.25) is 14.4 Å². The number of amides is 2. The number of fused-ring (bicyclic) bond motifs is 1. The molecule has 3 atom stereocenters. The van der Waals surface area contributed by atoms with E-state index in [4.69, 9.17) is 22.1 Å². The van der Waals surface area contributed by atoms with Gasteiger partial charge in [-0.15, -0.1) is 11.6 Å². The number of ketones is 1. The van der Waals surface area contributed by atoms with Gasteiger partial charge in [0.05, 0.1) is 24.2 Å². The number of carbonyl (C=O) groups excluding carboxylic acids is 3. The van der Waals surface area contributed by atoms with Crippen LogP contribution in [-0.2, 0) is 19.6 Å². The first kappa shape index (κ1) is 27.0. The molecule has 1 aliphatic heterocycles. The van der Waals surface area contributed by atoms with Gasteiger partial charge in [0.15, 0.2) is 5.78 Å². The van der Waals surface area contributed by atoms with E-state index >= 15 is 0 Å². The van der Waals surface area contributed by atoms with Crippen molar-refractivity contribution in [2.24, 2.45) is 17.6 Å². The van der Waals surface area contributed by atoms with E-state index in [-0.39, 0.29) is 36.3 Å². The third-order valence-electron chi connectivity index (χ3n) is 5.99. The van der Waals surface area contributed by atoms with Crippen molar-refractivity contribution in [1.82, 2.24) is 14.6 Å². The number of aromatic nitrogens is 1. The van der Waals surface area contributed by atoms with E-state index in [1.165, 1.54) is 11.7 Å². The van der Waals surface area contributed by atoms with Crippen LogP contribution in [0.15, 0.2) is 24.3 Å². The number of halogens is 1. The van der Waals surface area contributed by atoms with Crippen LogP contribution in [0.3, 0.4) is 0 Å². The van der Waals surface area contributed by atoms with E-state index in [1.807, 2.05) is 13.8 Å². The maximum Gasteiger partial charge on any atom is 0.265 e. The van der Waals surface area contributed by atoms with Gasteiger partial charge in [-0.05, 0) is 43.4 Å². The number of alkyl halides is 1. The fourth-order valence-corrected chi connectivity index (χ4v) is 6.20. The number of ether oxygens (including phenoxy) is 1. The molecule has 35 heavy (non-hydrogen) atoms. The van der Waals surface area contributed by atoms with Crippen LogP contribution in [0.1, 0.15) is 49.6 Å². The summed E-state index contributed by atoms with van der Waals surface area (Å²) in [7, 11) is -2.64. The molecule has 1 aromatic heterocycles. The molecule has 2 heterocycles. The van der Waals surface area contributed by atoms with Crippen molar-refractivity contribution in [2.45, 2.75) is 44.7 Å². The smallest absolute Gasteiger partial charge is 0.265 e. The quantitative estimate of drug-likeness (QED) is 0.284. The number of sulfonamides is 1. The van der Waals surface area contributed by atoms with Crippen molar-refractivity contribution in [3.63, 3.8) is 0 Å². The van der Waals surface area contributed by atoms with Crippen molar-refractivity contribution in [1.29, 1.82) is 0 Å². The second-order valence-corrected chi connectivity index (χ2v) is 11.4. The Kier molecular flexibility index (Phi) is 8.45. The second-order valence-electron chi connectivity index (χ2n) is 9.13. The highest BCUT2D eigenvalue weighted by molar-refractivity contribution is 7.90. The average Bonchev–Trinajstić information content (AvgIpc) is 3.34. The van der Waals surface area contributed by atoms with Gasteiger partial charge in [0.1, 0.15) is 17.2 Å². The monoisotopic (exact) mass is 526 g/mol. The molecular weight excluding hydrogens is 496 g/mol. The van der Waals surface area contributed by atoms with Crippen LogP contribution in [0.25, 0.3) is 10.9 Å². The molecule has 0 saturated carbocycles. The minimum Gasteiger partial charge on any atom is -0.496 e. The van der Waals surface area contributed by atoms with E-state index in [1.54, 1.807) is 24.3 Å². The van der Waals surface area contributed by atoms with Crippen LogP contribution >= 0.6 is 11.6 Å². The second kappa shape index (κ2) is 11.0. The van der Waals surface area contributed by atoms with Crippen LogP contribution in [0.2, 0.25) is 0 Å². The molecule has 1 saturated heterocycles. The number of primary amides is 1. The summed E-state index contributed by atoms with van der Waals surface area (Å²) in [6.07, 6.45) is 0.964. The molecule has 1 aliphatic rings. The number of Topliss-reactive ketones (excluding diaryl/α,β-unsaturated/α-hetero) is 1. The van der Waals surface area contributed by atoms with Crippen LogP contribution in [0, 0.1) is 11.8 Å². The van der Waals surface area contributed by atoms with Gasteiger partial charge >= 0.3 is 0 Å². The highest BCUT2D eigenvalue weighted by Gasteiger charge is 2.33. The zero-order valence-corrected chi connectivity index (χ0v) is 21.5. The lowest BCUT2D eigenvalue weighted by Gasteiger charge is -2.23. The first-order valence-electron chi connectivity index (χ1n) is 11.4. The molecule has 192 valence electrons. The molecule has 0 aliphatic carbocycles. The van der Waals surface area contributed by atoms with Crippen molar-refractivity contribution in [3.05, 3.63) is 30.0 Å². The Balaban J connectivity index is 1.90. The topological polar surface area (TPSA) is 150 Å². The van der Waals surface area contributed by atoms with Crippen LogP contribution < -0.4 is 20.5 Å². The Hall–Kier alpha value is -2.63. The summed E-state index contributed by atoms with van der Waals surface area (Å²) >= 11 is 6.17. The minimum absolute atomic E-state index is 0.00468. The number of methoxy groups -OCH3 is 1. The Labute approximate surface area is 209 Å². The van der Waals surface area contributed by atoms with Crippen LogP contribution in [-0.4, -0.2) is 55.5 Å². The molecule has 10 nitrogen and oxygen atoms in total. The van der Waals surface area contributed by atoms with Crippen molar-refractivity contribution < 1.29 is 27.5 Å². The normalized spacial score (nSPS) is 18.0. The Morgan fingerprint density at radius 3 is 2.63 bits per heavy atom. The zero-order chi connectivity index (χ0) is 25.9. The van der Waals surface area contributed by atoms with E-state index in [0.717, 1.165) is 0 Å². The van der Waals surface area contributed by atoms with Gasteiger partial charge in [-0.2, -0.15) is 4.72 Å². The first-order valence-corrected chi connectivity index (χ1v) is 13.4. The minimum atomic E-state index is -4.13. The molecule has 0 spiro atoms. The van der Waals surface area contributed by atoms with E-state index in [0.29, 0.717) is 29.6 Å². The van der Waals surface area contributed by atoms with Gasteiger partial charge in [-0.25, -0.2) is 8.42 Å². The Morgan fingerprint density at radius 1 is 1.34 bits per heavy atom. The number of nitrogens with one attached hydrogen (secondary N) is 2. The number of nitrogens with two attached hydrogens (primary N) is 1. The molecule has 2 amide bonds. The third kappa shape index (κ3) is 6.33. The van der Waals surface area contributed by atoms with Crippen molar-refractivity contribution >= 4 is 50.1 Å². The lowest BCUT2D eigenvalue weighted by molar-refractivity contribution is -0.122. The summed E-state index contributed by atoms with van der Waals surface area (Å²) in [4.78, 5) is 37.5. The number of benzene rings is 1. The standard InChI is InChI=1S/C23H31ClN4O6S/c1-13(2)9-17(28-16-5-4-6-20(34-3)15(16)11-18(28)22(25)30)19(29)12-35(32,33)27-21(24)10-14-7-8-26-23(14)31/h4-6,11,13-14,17,21,27H,7-10,12H2,1-3H3,(H2,25,30)(H,26,31)/t14-,17-,21+/m0/s1. The fourth-order valence-electron chi connectivity index (χ4n) is 4.44. The van der Waals surface area contributed by atoms with Gasteiger partial charge in [0.2, 0.25) is 15.9 Å². The predicted octanol–water partition coefficient (Wildman–Crippen LogP) is 1.92. The molecule has 1 fully saturated rings. The highest BCUT2D eigenvalue weighted by Crippen LogP contribution is 2.33. The number of nitrogens with zero attached hydrogens (tertiary/aromatic N) is 1. The van der Waals surface area contributed by atoms with E-state index in [2.05, 4.69) is 10.0 Å². The highest BCUT2D eigenvalue weighted by atomic mass is 35.5. The zero-order valence-electron chi connectivity index (χ0n) is 19.9. The lowest BCUT2D eigenvalue weighted by atomic mass is 10.00. The van der Waals surface area contributed by atoms with Crippen LogP contribution in [0.4, 0.5) is 0 Å². The SMILES string of the molecule is COc1cccc2c1cc(C(N)=O)n2[C@@H](CC(C)C)C(=O)CS(=O)(=O)N[C@@H](Cl)C[C@@H]1CCNC1=O. The maximum absolute atomic E-state index is 13.4. The molecule has 1 aromatic carbocycles. The number of hydrogen-bond donors (Lipinski definition) is 3. The molecule has 3 rings (SSSR count). The number of hydrogen-bond acceptors (Lipinski definition) is 6. The van der Waals surface area contributed by atoms with Crippen molar-refractivity contribution in [2.75, 3.05) is 19.4 Å². The first-order chi connectivity index (χ1) is 16.4. The van der Waals surface area contributed by atoms with Gasteiger partial charge in [-0.1, -0.05) is 19.9 Å². The van der Waals surface area contributed by atoms with Crippen LogP contribution in [0.5, 0.6) is 5.75 Å². The van der Waals surface area contributed by atoms with E-state index < -0.39 is 39.0 Å². The van der Waals surface area contributed by atoms with Gasteiger partial charge < -0.3 is 20.4 Å². The lowest BCUT2D eigenvalue weighted by Crippen LogP contribution is -2.39. The summed E-state index contributed by atoms with van der Waals surface area (Å²) in [6, 6.07) is 5.74. The molecule has 12 heteroatoms. The third-order valence-corrected chi connectivity index (χ3v) is 7.71. The predicted molar refractivity (Wildman–Crippen MR) is 133 cm³/mol. The summed E-state index contributed by atoms with van der Waals surface area (Å²) in [5.41, 5.74) is 5.20. The summed E-state index contributed by atoms with van der Waals surface area (Å²) < 4.78 is 34.8. The number of carbonyl (C=O) groups is 3. The van der Waals surface area contributed by atoms with E-state index in [9.17, 15) is 22.8 Å². The summed E-state index contributed by atoms with van der Waals surface area (Å²) in [5.74, 6) is -2.26. The summed E-state index contributed by atoms with van der Waals surface area (Å²) in [6.45, 7) is 4.31. The molecular formula is C23H31ClN4O6S. The largest absolute Gasteiger partial charge is 0.496 e. The average molecular weight is 527 g/mol. The van der Waals surface area contributed by atoms with Gasteiger partial charge in [0, 0.05) is 17.8 Å². The fraction of sp³-hybridized carbons (Fsp3) is 0.522. The maximum atomic E-state index is 13.4. The molecule has 0 radical (unpaired) electrons. The summed E-state index contributed by atoms with van der Waals surface area (Å²) in [5, 5.41) is 3.26. The Bertz CT molecular complexity index is 1230.